The van der Waals surface area contributed by atoms with Crippen LogP contribution < -0.4 is 5.32 Å². The van der Waals surface area contributed by atoms with Crippen LogP contribution in [0.4, 0.5) is 14.5 Å². The minimum atomic E-state index is -1.42. The predicted molar refractivity (Wildman–Crippen MR) is 59.4 cm³/mol. The van der Waals surface area contributed by atoms with E-state index in [-0.39, 0.29) is 13.1 Å². The van der Waals surface area contributed by atoms with Crippen LogP contribution in [0, 0.1) is 21.7 Å². The Bertz CT molecular complexity index is 571. The Kier molecular flexibility index (Phi) is 4.72. The predicted octanol–water partition coefficient (Wildman–Crippen LogP) is 1.91. The molecule has 8 nitrogen and oxygen atoms in total. The number of rotatable bonds is 5. The van der Waals surface area contributed by atoms with Crippen LogP contribution in [0.5, 0.6) is 0 Å². The van der Waals surface area contributed by atoms with Gasteiger partial charge in [0.25, 0.3) is 11.6 Å². The number of amides is 1. The van der Waals surface area contributed by atoms with Gasteiger partial charge in [0, 0.05) is 18.0 Å². The summed E-state index contributed by atoms with van der Waals surface area (Å²) in [7, 11) is 0. The highest BCUT2D eigenvalue weighted by molar-refractivity contribution is 5.98. The highest BCUT2D eigenvalue weighted by atomic mass is 19.2. The van der Waals surface area contributed by atoms with Gasteiger partial charge in [0.05, 0.1) is 11.0 Å². The molecule has 0 bridgehead atoms. The number of benzene rings is 1. The maximum atomic E-state index is 13.0. The number of carbonyl (C=O) groups is 1. The monoisotopic (exact) mass is 271 g/mol. The number of azide groups is 1. The van der Waals surface area contributed by atoms with E-state index in [1.807, 2.05) is 0 Å². The first-order valence-electron chi connectivity index (χ1n) is 4.90. The van der Waals surface area contributed by atoms with Crippen molar-refractivity contribution in [3.05, 3.63) is 49.9 Å². The number of nitrogens with one attached hydrogen (secondary N) is 1. The highest BCUT2D eigenvalue weighted by Gasteiger charge is 2.23. The van der Waals surface area contributed by atoms with Gasteiger partial charge in [0.2, 0.25) is 0 Å². The van der Waals surface area contributed by atoms with Gasteiger partial charge in [-0.3, -0.25) is 14.9 Å². The molecule has 0 aliphatic carbocycles. The van der Waals surface area contributed by atoms with Crippen molar-refractivity contribution in [1.29, 1.82) is 0 Å². The second-order valence-electron chi connectivity index (χ2n) is 3.25. The number of carbonyl (C=O) groups excluding carboxylic acids is 1. The molecular formula is C9H7F2N5O3. The molecule has 0 aromatic heterocycles. The van der Waals surface area contributed by atoms with Crippen LogP contribution >= 0.6 is 0 Å². The maximum Gasteiger partial charge on any atom is 0.285 e. The summed E-state index contributed by atoms with van der Waals surface area (Å²) in [5.41, 5.74) is 6.54. The highest BCUT2D eigenvalue weighted by Crippen LogP contribution is 2.22. The standard InChI is InChI=1S/C9H7F2N5O3/c10-6-3-5(8(16(18)19)4-7(6)11)9(17)13-1-2-14-15-12/h3-4H,1-2H2,(H,13,17). The fraction of sp³-hybridized carbons (Fsp3) is 0.222. The fourth-order valence-electron chi connectivity index (χ4n) is 1.23. The van der Waals surface area contributed by atoms with Gasteiger partial charge in [-0.25, -0.2) is 8.78 Å². The summed E-state index contributed by atoms with van der Waals surface area (Å²) >= 11 is 0. The molecule has 0 aliphatic rings. The molecule has 1 aromatic rings. The summed E-state index contributed by atoms with van der Waals surface area (Å²) in [4.78, 5) is 23.6. The zero-order valence-corrected chi connectivity index (χ0v) is 9.34. The first-order chi connectivity index (χ1) is 8.97. The third-order valence-electron chi connectivity index (χ3n) is 2.04. The molecule has 0 fully saturated rings. The van der Waals surface area contributed by atoms with E-state index in [4.69, 9.17) is 5.53 Å². The molecule has 0 aliphatic heterocycles. The number of hydrogen-bond donors (Lipinski definition) is 1. The van der Waals surface area contributed by atoms with Crippen molar-refractivity contribution in [2.45, 2.75) is 0 Å². The van der Waals surface area contributed by atoms with Gasteiger partial charge in [-0.15, -0.1) is 0 Å². The molecule has 1 N–H and O–H groups in total. The van der Waals surface area contributed by atoms with Gasteiger partial charge in [0.1, 0.15) is 5.56 Å². The first-order valence-corrected chi connectivity index (χ1v) is 4.90. The van der Waals surface area contributed by atoms with Crippen LogP contribution in [0.25, 0.3) is 10.4 Å². The number of nitro benzene ring substituents is 1. The number of halogens is 2. The molecule has 19 heavy (non-hydrogen) atoms. The van der Waals surface area contributed by atoms with E-state index in [9.17, 15) is 23.7 Å². The molecule has 0 atom stereocenters. The summed E-state index contributed by atoms with van der Waals surface area (Å²) in [5, 5.41) is 15.9. The molecular weight excluding hydrogens is 264 g/mol. The van der Waals surface area contributed by atoms with E-state index < -0.39 is 33.7 Å². The average molecular weight is 271 g/mol. The Balaban J connectivity index is 2.98. The van der Waals surface area contributed by atoms with Crippen LogP contribution in [-0.2, 0) is 0 Å². The summed E-state index contributed by atoms with van der Waals surface area (Å²) in [5.74, 6) is -3.75. The quantitative estimate of drug-likeness (QED) is 0.220. The largest absolute Gasteiger partial charge is 0.352 e. The van der Waals surface area contributed by atoms with E-state index >= 15 is 0 Å². The topological polar surface area (TPSA) is 121 Å². The molecule has 0 spiro atoms. The van der Waals surface area contributed by atoms with Gasteiger partial charge >= 0.3 is 0 Å². The number of hydrogen-bond acceptors (Lipinski definition) is 4. The van der Waals surface area contributed by atoms with Crippen LogP contribution in [0.15, 0.2) is 17.2 Å². The van der Waals surface area contributed by atoms with Gasteiger partial charge in [-0.05, 0) is 11.6 Å². The lowest BCUT2D eigenvalue weighted by Crippen LogP contribution is -2.26. The van der Waals surface area contributed by atoms with Gasteiger partial charge in [0.15, 0.2) is 11.6 Å². The lowest BCUT2D eigenvalue weighted by atomic mass is 10.1. The second-order valence-corrected chi connectivity index (χ2v) is 3.25. The van der Waals surface area contributed by atoms with Crippen molar-refractivity contribution < 1.29 is 18.5 Å². The summed E-state index contributed by atoms with van der Waals surface area (Å²) in [6.07, 6.45) is 0. The Labute approximate surface area is 104 Å². The molecule has 1 aromatic carbocycles. The molecule has 0 saturated carbocycles. The summed E-state index contributed by atoms with van der Waals surface area (Å²) in [6, 6.07) is 0.772. The van der Waals surface area contributed by atoms with Crippen molar-refractivity contribution in [1.82, 2.24) is 5.32 Å². The first kappa shape index (κ1) is 14.3. The minimum absolute atomic E-state index is 0.0697. The van der Waals surface area contributed by atoms with Gasteiger partial charge in [-0.1, -0.05) is 5.11 Å². The lowest BCUT2D eigenvalue weighted by molar-refractivity contribution is -0.385. The van der Waals surface area contributed by atoms with Gasteiger partial charge in [-0.2, -0.15) is 0 Å². The van der Waals surface area contributed by atoms with Crippen LogP contribution in [0.1, 0.15) is 10.4 Å². The normalized spacial score (nSPS) is 9.58. The van der Waals surface area contributed by atoms with E-state index in [0.29, 0.717) is 12.1 Å². The third kappa shape index (κ3) is 3.61. The Morgan fingerprint density at radius 1 is 1.47 bits per heavy atom. The zero-order chi connectivity index (χ0) is 14.4. The smallest absolute Gasteiger partial charge is 0.285 e. The minimum Gasteiger partial charge on any atom is -0.352 e. The van der Waals surface area contributed by atoms with E-state index in [1.54, 1.807) is 0 Å². The van der Waals surface area contributed by atoms with Crippen molar-refractivity contribution in [3.8, 4) is 0 Å². The molecule has 10 heteroatoms. The summed E-state index contributed by atoms with van der Waals surface area (Å²) in [6.45, 7) is -0.154. The fourth-order valence-corrected chi connectivity index (χ4v) is 1.23. The van der Waals surface area contributed by atoms with Crippen LogP contribution in [-0.4, -0.2) is 23.9 Å². The third-order valence-corrected chi connectivity index (χ3v) is 2.04. The van der Waals surface area contributed by atoms with Crippen LogP contribution in [0.3, 0.4) is 0 Å². The Morgan fingerprint density at radius 2 is 2.11 bits per heavy atom. The number of nitrogens with zero attached hydrogens (tertiary/aromatic N) is 4. The summed E-state index contributed by atoms with van der Waals surface area (Å²) < 4.78 is 25.9. The maximum absolute atomic E-state index is 13.0. The Hall–Kier alpha value is -2.74. The van der Waals surface area contributed by atoms with E-state index in [0.717, 1.165) is 0 Å². The van der Waals surface area contributed by atoms with Crippen molar-refractivity contribution in [2.75, 3.05) is 13.1 Å². The van der Waals surface area contributed by atoms with Crippen molar-refractivity contribution in [3.63, 3.8) is 0 Å². The second kappa shape index (κ2) is 6.26. The number of nitro groups is 1. The SMILES string of the molecule is [N-]=[N+]=NCCNC(=O)c1cc(F)c(F)cc1[N+](=O)[O-]. The molecule has 0 unspecified atom stereocenters. The van der Waals surface area contributed by atoms with E-state index in [2.05, 4.69) is 15.3 Å². The molecule has 0 radical (unpaired) electrons. The lowest BCUT2D eigenvalue weighted by Gasteiger charge is -2.04. The van der Waals surface area contributed by atoms with Gasteiger partial charge < -0.3 is 5.32 Å². The average Bonchev–Trinajstić information content (AvgIpc) is 2.36. The molecule has 0 heterocycles. The molecule has 1 amide bonds. The van der Waals surface area contributed by atoms with Crippen molar-refractivity contribution >= 4 is 11.6 Å². The molecule has 100 valence electrons. The zero-order valence-electron chi connectivity index (χ0n) is 9.34. The van der Waals surface area contributed by atoms with Crippen LogP contribution in [0.2, 0.25) is 0 Å². The van der Waals surface area contributed by atoms with Crippen molar-refractivity contribution in [2.24, 2.45) is 5.11 Å². The Morgan fingerprint density at radius 3 is 2.68 bits per heavy atom. The van der Waals surface area contributed by atoms with E-state index in [1.165, 1.54) is 0 Å². The molecule has 0 saturated heterocycles. The molecule has 1 rings (SSSR count).